The lowest BCUT2D eigenvalue weighted by Gasteiger charge is -2.14. The Labute approximate surface area is 127 Å². The fraction of sp³-hybridized carbons (Fsp3) is 0.176. The molecular formula is C17H16FNO3. The lowest BCUT2D eigenvalue weighted by atomic mass is 10.0. The number of carbonyl (C=O) groups is 2. The van der Waals surface area contributed by atoms with Gasteiger partial charge in [-0.3, -0.25) is 4.79 Å². The first-order valence-electron chi connectivity index (χ1n) is 6.69. The molecule has 0 amide bonds. The Morgan fingerprint density at radius 3 is 2.36 bits per heavy atom. The summed E-state index contributed by atoms with van der Waals surface area (Å²) in [5.74, 6) is -1.78. The van der Waals surface area contributed by atoms with Gasteiger partial charge in [0.2, 0.25) is 0 Å². The molecule has 1 N–H and O–H groups in total. The van der Waals surface area contributed by atoms with Gasteiger partial charge in [0.05, 0.1) is 23.9 Å². The van der Waals surface area contributed by atoms with Gasteiger partial charge in [0.15, 0.2) is 5.78 Å². The zero-order chi connectivity index (χ0) is 16.3. The Balaban J connectivity index is 2.54. The molecule has 0 saturated carbocycles. The SMILES string of the molecule is COC(=O)c1cc(C(C)=O)c(F)cc1Nc1ccccc1C. The number of Topliss-reactive ketones (excluding diaryl/α,β-unsaturated/α-hetero) is 1. The molecule has 2 aromatic rings. The van der Waals surface area contributed by atoms with Gasteiger partial charge in [-0.1, -0.05) is 18.2 Å². The molecule has 4 nitrogen and oxygen atoms in total. The summed E-state index contributed by atoms with van der Waals surface area (Å²) in [7, 11) is 1.23. The number of methoxy groups -OCH3 is 1. The quantitative estimate of drug-likeness (QED) is 0.688. The predicted octanol–water partition coefficient (Wildman–Crippen LogP) is 3.87. The zero-order valence-corrected chi connectivity index (χ0v) is 12.6. The fourth-order valence-corrected chi connectivity index (χ4v) is 2.08. The number of hydrogen-bond acceptors (Lipinski definition) is 4. The number of benzene rings is 2. The van der Waals surface area contributed by atoms with E-state index in [1.54, 1.807) is 0 Å². The molecule has 0 fully saturated rings. The smallest absolute Gasteiger partial charge is 0.340 e. The van der Waals surface area contributed by atoms with Gasteiger partial charge in [-0.25, -0.2) is 9.18 Å². The van der Waals surface area contributed by atoms with Gasteiger partial charge >= 0.3 is 5.97 Å². The highest BCUT2D eigenvalue weighted by atomic mass is 19.1. The zero-order valence-electron chi connectivity index (χ0n) is 12.6. The van der Waals surface area contributed by atoms with E-state index in [9.17, 15) is 14.0 Å². The lowest BCUT2D eigenvalue weighted by molar-refractivity contribution is 0.0602. The second-order valence-electron chi connectivity index (χ2n) is 4.87. The highest BCUT2D eigenvalue weighted by Crippen LogP contribution is 2.27. The average molecular weight is 301 g/mol. The largest absolute Gasteiger partial charge is 0.465 e. The minimum Gasteiger partial charge on any atom is -0.465 e. The summed E-state index contributed by atoms with van der Waals surface area (Å²) >= 11 is 0. The van der Waals surface area contributed by atoms with Crippen molar-refractivity contribution in [2.45, 2.75) is 13.8 Å². The third kappa shape index (κ3) is 3.14. The molecule has 0 bridgehead atoms. The van der Waals surface area contributed by atoms with E-state index in [0.717, 1.165) is 17.3 Å². The van der Waals surface area contributed by atoms with Crippen molar-refractivity contribution < 1.29 is 18.7 Å². The van der Waals surface area contributed by atoms with Crippen molar-refractivity contribution in [1.82, 2.24) is 0 Å². The summed E-state index contributed by atoms with van der Waals surface area (Å²) in [4.78, 5) is 23.3. The standard InChI is InChI=1S/C17H16FNO3/c1-10-6-4-5-7-15(10)19-16-9-14(18)12(11(2)20)8-13(16)17(21)22-3/h4-9,19H,1-3H3. The Morgan fingerprint density at radius 2 is 1.77 bits per heavy atom. The third-order valence-electron chi connectivity index (χ3n) is 3.31. The van der Waals surface area contributed by atoms with Gasteiger partial charge in [0, 0.05) is 5.69 Å². The Hall–Kier alpha value is -2.69. The van der Waals surface area contributed by atoms with E-state index in [0.29, 0.717) is 0 Å². The van der Waals surface area contributed by atoms with Crippen LogP contribution < -0.4 is 5.32 Å². The van der Waals surface area contributed by atoms with Crippen LogP contribution in [0, 0.1) is 12.7 Å². The van der Waals surface area contributed by atoms with Crippen molar-refractivity contribution in [2.75, 3.05) is 12.4 Å². The number of para-hydroxylation sites is 1. The number of ketones is 1. The third-order valence-corrected chi connectivity index (χ3v) is 3.31. The molecule has 0 aliphatic heterocycles. The van der Waals surface area contributed by atoms with Crippen LogP contribution in [0.2, 0.25) is 0 Å². The summed E-state index contributed by atoms with van der Waals surface area (Å²) in [6, 6.07) is 9.75. The molecular weight excluding hydrogens is 285 g/mol. The molecule has 0 radical (unpaired) electrons. The maximum atomic E-state index is 14.0. The molecule has 0 unspecified atom stereocenters. The molecule has 0 aromatic heterocycles. The van der Waals surface area contributed by atoms with Crippen LogP contribution in [0.5, 0.6) is 0 Å². The van der Waals surface area contributed by atoms with Gasteiger partial charge in [0.25, 0.3) is 0 Å². The van der Waals surface area contributed by atoms with E-state index in [1.807, 2.05) is 31.2 Å². The number of hydrogen-bond donors (Lipinski definition) is 1. The van der Waals surface area contributed by atoms with Gasteiger partial charge in [0.1, 0.15) is 5.82 Å². The van der Waals surface area contributed by atoms with E-state index >= 15 is 0 Å². The predicted molar refractivity (Wildman–Crippen MR) is 82.2 cm³/mol. The molecule has 0 heterocycles. The van der Waals surface area contributed by atoms with E-state index in [1.165, 1.54) is 20.1 Å². The summed E-state index contributed by atoms with van der Waals surface area (Å²) in [6.07, 6.45) is 0. The van der Waals surface area contributed by atoms with Crippen LogP contribution in [0.15, 0.2) is 36.4 Å². The van der Waals surface area contributed by atoms with Gasteiger partial charge in [-0.05, 0) is 37.6 Å². The highest BCUT2D eigenvalue weighted by molar-refractivity contribution is 6.02. The fourth-order valence-electron chi connectivity index (χ4n) is 2.08. The molecule has 0 atom stereocenters. The van der Waals surface area contributed by atoms with Crippen LogP contribution in [0.4, 0.5) is 15.8 Å². The second-order valence-corrected chi connectivity index (χ2v) is 4.87. The first kappa shape index (κ1) is 15.7. The van der Waals surface area contributed by atoms with Crippen LogP contribution in [-0.2, 0) is 4.74 Å². The molecule has 22 heavy (non-hydrogen) atoms. The minimum absolute atomic E-state index is 0.109. The maximum Gasteiger partial charge on any atom is 0.340 e. The van der Waals surface area contributed by atoms with E-state index in [-0.39, 0.29) is 16.8 Å². The van der Waals surface area contributed by atoms with Crippen molar-refractivity contribution in [1.29, 1.82) is 0 Å². The van der Waals surface area contributed by atoms with Crippen molar-refractivity contribution in [2.24, 2.45) is 0 Å². The number of carbonyl (C=O) groups excluding carboxylic acids is 2. The Bertz CT molecular complexity index is 741. The lowest BCUT2D eigenvalue weighted by Crippen LogP contribution is -2.10. The summed E-state index contributed by atoms with van der Waals surface area (Å²) in [5, 5.41) is 3.01. The maximum absolute atomic E-state index is 14.0. The second kappa shape index (κ2) is 6.39. The molecule has 114 valence electrons. The molecule has 0 aliphatic rings. The first-order valence-corrected chi connectivity index (χ1v) is 6.69. The van der Waals surface area contributed by atoms with Gasteiger partial charge < -0.3 is 10.1 Å². The normalized spacial score (nSPS) is 10.2. The summed E-state index contributed by atoms with van der Waals surface area (Å²) in [5.41, 5.74) is 1.90. The van der Waals surface area contributed by atoms with Crippen molar-refractivity contribution in [3.05, 3.63) is 58.9 Å². The highest BCUT2D eigenvalue weighted by Gasteiger charge is 2.19. The molecule has 2 aromatic carbocycles. The number of aryl methyl sites for hydroxylation is 1. The molecule has 0 aliphatic carbocycles. The summed E-state index contributed by atoms with van der Waals surface area (Å²) < 4.78 is 18.7. The van der Waals surface area contributed by atoms with Crippen molar-refractivity contribution in [3.63, 3.8) is 0 Å². The molecule has 0 spiro atoms. The van der Waals surface area contributed by atoms with Crippen LogP contribution >= 0.6 is 0 Å². The number of rotatable bonds is 4. The van der Waals surface area contributed by atoms with Crippen molar-refractivity contribution in [3.8, 4) is 0 Å². The van der Waals surface area contributed by atoms with Gasteiger partial charge in [-0.2, -0.15) is 0 Å². The minimum atomic E-state index is -0.684. The van der Waals surface area contributed by atoms with Crippen LogP contribution in [0.25, 0.3) is 0 Å². The van der Waals surface area contributed by atoms with Crippen molar-refractivity contribution >= 4 is 23.1 Å². The Morgan fingerprint density at radius 1 is 1.09 bits per heavy atom. The van der Waals surface area contributed by atoms with E-state index in [4.69, 9.17) is 4.74 Å². The molecule has 2 rings (SSSR count). The number of nitrogens with one attached hydrogen (secondary N) is 1. The average Bonchev–Trinajstić information content (AvgIpc) is 2.48. The van der Waals surface area contributed by atoms with Crippen LogP contribution in [0.1, 0.15) is 33.2 Å². The number of anilines is 2. The molecule has 5 heteroatoms. The van der Waals surface area contributed by atoms with E-state index < -0.39 is 17.6 Å². The first-order chi connectivity index (χ1) is 10.4. The number of esters is 1. The van der Waals surface area contributed by atoms with Gasteiger partial charge in [-0.15, -0.1) is 0 Å². The number of ether oxygens (including phenoxy) is 1. The van der Waals surface area contributed by atoms with E-state index in [2.05, 4.69) is 5.32 Å². The van der Waals surface area contributed by atoms with Crippen LogP contribution in [0.3, 0.4) is 0 Å². The summed E-state index contributed by atoms with van der Waals surface area (Å²) in [6.45, 7) is 3.13. The van der Waals surface area contributed by atoms with Crippen LogP contribution in [-0.4, -0.2) is 18.9 Å². The number of halogens is 1. The topological polar surface area (TPSA) is 55.4 Å². The Kier molecular flexibility index (Phi) is 4.56. The molecule has 0 saturated heterocycles. The monoisotopic (exact) mass is 301 g/mol.